The lowest BCUT2D eigenvalue weighted by Gasteiger charge is -2.29. The van der Waals surface area contributed by atoms with Crippen molar-refractivity contribution in [3.8, 4) is 0 Å². The molecule has 0 aromatic heterocycles. The van der Waals surface area contributed by atoms with Crippen LogP contribution in [0, 0.1) is 11.3 Å². The quantitative estimate of drug-likeness (QED) is 0.797. The van der Waals surface area contributed by atoms with Crippen LogP contribution in [0.25, 0.3) is 0 Å². The Morgan fingerprint density at radius 2 is 2.18 bits per heavy atom. The maximum atomic E-state index is 11.7. The van der Waals surface area contributed by atoms with Crippen LogP contribution in [0.4, 0.5) is 0 Å². The molecule has 2 aliphatic rings. The van der Waals surface area contributed by atoms with Crippen LogP contribution in [0.1, 0.15) is 32.6 Å². The van der Waals surface area contributed by atoms with Crippen molar-refractivity contribution in [1.82, 2.24) is 4.90 Å². The highest BCUT2D eigenvalue weighted by molar-refractivity contribution is 5.78. The van der Waals surface area contributed by atoms with Crippen LogP contribution < -0.4 is 5.73 Å². The summed E-state index contributed by atoms with van der Waals surface area (Å²) in [6.07, 6.45) is 5.10. The molecule has 1 saturated carbocycles. The van der Waals surface area contributed by atoms with Crippen molar-refractivity contribution < 1.29 is 9.53 Å². The van der Waals surface area contributed by atoms with E-state index >= 15 is 0 Å². The maximum absolute atomic E-state index is 11.7. The van der Waals surface area contributed by atoms with Crippen LogP contribution in [-0.2, 0) is 9.53 Å². The summed E-state index contributed by atoms with van der Waals surface area (Å²) < 4.78 is 5.60. The van der Waals surface area contributed by atoms with Crippen LogP contribution in [0.3, 0.4) is 0 Å². The molecule has 1 aliphatic carbocycles. The molecule has 1 atom stereocenters. The predicted octanol–water partition coefficient (Wildman–Crippen LogP) is 1.00. The Bertz CT molecular complexity index is 275. The number of likely N-dealkylation sites (tertiary alicyclic amines) is 1. The smallest absolute Gasteiger partial charge is 0.236 e. The zero-order valence-corrected chi connectivity index (χ0v) is 10.8. The fraction of sp³-hybridized carbons (Fsp3) is 0.923. The number of hydrogen-bond donors (Lipinski definition) is 1. The summed E-state index contributed by atoms with van der Waals surface area (Å²) in [6.45, 7) is 5.47. The molecule has 2 fully saturated rings. The number of ether oxygens (including phenoxy) is 1. The summed E-state index contributed by atoms with van der Waals surface area (Å²) in [5.41, 5.74) is 5.80. The monoisotopic (exact) mass is 240 g/mol. The summed E-state index contributed by atoms with van der Waals surface area (Å²) >= 11 is 0. The Morgan fingerprint density at radius 1 is 1.47 bits per heavy atom. The Kier molecular flexibility index (Phi) is 4.05. The van der Waals surface area contributed by atoms with Crippen molar-refractivity contribution in [2.45, 2.75) is 32.6 Å². The second-order valence-electron chi connectivity index (χ2n) is 5.40. The minimum atomic E-state index is 0.0928. The van der Waals surface area contributed by atoms with Gasteiger partial charge in [0.1, 0.15) is 0 Å². The van der Waals surface area contributed by atoms with E-state index < -0.39 is 0 Å². The summed E-state index contributed by atoms with van der Waals surface area (Å²) in [4.78, 5) is 13.7. The van der Waals surface area contributed by atoms with Crippen molar-refractivity contribution in [3.05, 3.63) is 0 Å². The highest BCUT2D eigenvalue weighted by Gasteiger charge is 2.48. The third kappa shape index (κ3) is 2.47. The first-order valence-corrected chi connectivity index (χ1v) is 6.77. The Hall–Kier alpha value is -0.610. The molecule has 98 valence electrons. The van der Waals surface area contributed by atoms with Gasteiger partial charge < -0.3 is 15.4 Å². The number of hydrogen-bond acceptors (Lipinski definition) is 3. The van der Waals surface area contributed by atoms with Crippen molar-refractivity contribution in [3.63, 3.8) is 0 Å². The predicted molar refractivity (Wildman–Crippen MR) is 66.5 cm³/mol. The van der Waals surface area contributed by atoms with Gasteiger partial charge >= 0.3 is 0 Å². The zero-order valence-electron chi connectivity index (χ0n) is 10.8. The fourth-order valence-electron chi connectivity index (χ4n) is 3.49. The summed E-state index contributed by atoms with van der Waals surface area (Å²) in [5, 5.41) is 0. The van der Waals surface area contributed by atoms with Gasteiger partial charge in [-0.2, -0.15) is 0 Å². The van der Waals surface area contributed by atoms with Crippen molar-refractivity contribution in [2.75, 3.05) is 32.8 Å². The number of nitrogens with two attached hydrogens (primary N) is 1. The first-order valence-electron chi connectivity index (χ1n) is 6.77. The largest absolute Gasteiger partial charge is 0.381 e. The molecule has 17 heavy (non-hydrogen) atoms. The lowest BCUT2D eigenvalue weighted by Crippen LogP contribution is -2.35. The lowest BCUT2D eigenvalue weighted by atomic mass is 9.77. The maximum Gasteiger partial charge on any atom is 0.236 e. The van der Waals surface area contributed by atoms with E-state index in [4.69, 9.17) is 10.5 Å². The fourth-order valence-corrected chi connectivity index (χ4v) is 3.49. The van der Waals surface area contributed by atoms with Crippen molar-refractivity contribution in [2.24, 2.45) is 17.1 Å². The van der Waals surface area contributed by atoms with Gasteiger partial charge in [-0.3, -0.25) is 4.79 Å². The highest BCUT2D eigenvalue weighted by Crippen LogP contribution is 2.49. The van der Waals surface area contributed by atoms with Gasteiger partial charge in [0.05, 0.1) is 13.2 Å². The SMILES string of the molecule is CCOC[C@H]1CN(C(=O)CN)CC12CCCC2. The Labute approximate surface area is 103 Å². The summed E-state index contributed by atoms with van der Waals surface area (Å²) in [6, 6.07) is 0. The molecule has 2 N–H and O–H groups in total. The van der Waals surface area contributed by atoms with Gasteiger partial charge in [-0.05, 0) is 25.2 Å². The number of rotatable bonds is 4. The molecule has 1 spiro atoms. The average molecular weight is 240 g/mol. The van der Waals surface area contributed by atoms with Gasteiger partial charge in [-0.25, -0.2) is 0 Å². The molecular formula is C13H24N2O2. The third-order valence-corrected chi connectivity index (χ3v) is 4.46. The number of nitrogens with zero attached hydrogens (tertiary/aromatic N) is 1. The van der Waals surface area contributed by atoms with Gasteiger partial charge in [0.15, 0.2) is 0 Å². The van der Waals surface area contributed by atoms with Crippen LogP contribution in [0.5, 0.6) is 0 Å². The molecular weight excluding hydrogens is 216 g/mol. The molecule has 0 aromatic rings. The van der Waals surface area contributed by atoms with Crippen LogP contribution >= 0.6 is 0 Å². The molecule has 1 aliphatic heterocycles. The molecule has 2 rings (SSSR count). The van der Waals surface area contributed by atoms with E-state index in [0.717, 1.165) is 26.3 Å². The van der Waals surface area contributed by atoms with E-state index in [2.05, 4.69) is 0 Å². The molecule has 0 aromatic carbocycles. The van der Waals surface area contributed by atoms with Crippen LogP contribution in [0.2, 0.25) is 0 Å². The number of carbonyl (C=O) groups excluding carboxylic acids is 1. The Morgan fingerprint density at radius 3 is 2.76 bits per heavy atom. The zero-order chi connectivity index (χ0) is 12.3. The normalized spacial score (nSPS) is 26.9. The van der Waals surface area contributed by atoms with Gasteiger partial charge in [-0.15, -0.1) is 0 Å². The van der Waals surface area contributed by atoms with Gasteiger partial charge in [0.25, 0.3) is 0 Å². The van der Waals surface area contributed by atoms with Crippen LogP contribution in [0.15, 0.2) is 0 Å². The van der Waals surface area contributed by atoms with E-state index in [1.54, 1.807) is 0 Å². The molecule has 0 bridgehead atoms. The topological polar surface area (TPSA) is 55.6 Å². The van der Waals surface area contributed by atoms with Crippen LogP contribution in [-0.4, -0.2) is 43.7 Å². The molecule has 1 amide bonds. The minimum Gasteiger partial charge on any atom is -0.381 e. The van der Waals surface area contributed by atoms with E-state index in [9.17, 15) is 4.79 Å². The third-order valence-electron chi connectivity index (χ3n) is 4.46. The average Bonchev–Trinajstić information content (AvgIpc) is 2.95. The van der Waals surface area contributed by atoms with Crippen molar-refractivity contribution in [1.29, 1.82) is 0 Å². The molecule has 1 heterocycles. The molecule has 4 nitrogen and oxygen atoms in total. The van der Waals surface area contributed by atoms with E-state index in [1.807, 2.05) is 11.8 Å². The second-order valence-corrected chi connectivity index (χ2v) is 5.40. The van der Waals surface area contributed by atoms with Crippen molar-refractivity contribution >= 4 is 5.91 Å². The number of carbonyl (C=O) groups is 1. The molecule has 1 saturated heterocycles. The lowest BCUT2D eigenvalue weighted by molar-refractivity contribution is -0.129. The first kappa shape index (κ1) is 12.8. The van der Waals surface area contributed by atoms with Gasteiger partial charge in [-0.1, -0.05) is 12.8 Å². The first-order chi connectivity index (χ1) is 8.22. The van der Waals surface area contributed by atoms with E-state index in [-0.39, 0.29) is 12.5 Å². The molecule has 4 heteroatoms. The molecule has 0 unspecified atom stereocenters. The second kappa shape index (κ2) is 5.36. The number of amides is 1. The van der Waals surface area contributed by atoms with Gasteiger partial charge in [0.2, 0.25) is 5.91 Å². The van der Waals surface area contributed by atoms with Gasteiger partial charge in [0, 0.05) is 25.6 Å². The Balaban J connectivity index is 2.04. The summed E-state index contributed by atoms with van der Waals surface area (Å²) in [7, 11) is 0. The molecule has 0 radical (unpaired) electrons. The highest BCUT2D eigenvalue weighted by atomic mass is 16.5. The summed E-state index contributed by atoms with van der Waals surface area (Å²) in [5.74, 6) is 0.607. The van der Waals surface area contributed by atoms with E-state index in [0.29, 0.717) is 11.3 Å². The minimum absolute atomic E-state index is 0.0928. The standard InChI is InChI=1S/C13H24N2O2/c1-2-17-9-11-8-15(12(16)7-14)10-13(11)5-3-4-6-13/h11H,2-10,14H2,1H3/t11-/m1/s1. The van der Waals surface area contributed by atoms with E-state index in [1.165, 1.54) is 25.7 Å².